The predicted molar refractivity (Wildman–Crippen MR) is 82.1 cm³/mol. The van der Waals surface area contributed by atoms with Crippen LogP contribution in [-0.2, 0) is 9.53 Å². The summed E-state index contributed by atoms with van der Waals surface area (Å²) in [6.07, 6.45) is 20.1. The lowest BCUT2D eigenvalue weighted by atomic mass is 10.1. The molecule has 0 radical (unpaired) electrons. The summed E-state index contributed by atoms with van der Waals surface area (Å²) >= 11 is 0. The highest BCUT2D eigenvalue weighted by Crippen LogP contribution is 2.08. The smallest absolute Gasteiger partial charge is 0.305 e. The number of unbranched alkanes of at least 4 members (excludes halogenated alkanes) is 6. The number of esters is 1. The summed E-state index contributed by atoms with van der Waals surface area (Å²) in [5.74, 6) is -0.0842. The minimum absolute atomic E-state index is 0.0842. The fourth-order valence-electron chi connectivity index (χ4n) is 1.84. The number of rotatable bonds is 12. The fraction of sp³-hybridized carbons (Fsp3) is 0.706. The summed E-state index contributed by atoms with van der Waals surface area (Å²) in [5, 5.41) is 0. The fourth-order valence-corrected chi connectivity index (χ4v) is 1.84. The van der Waals surface area contributed by atoms with Crippen molar-refractivity contribution in [2.24, 2.45) is 0 Å². The van der Waals surface area contributed by atoms with Crippen molar-refractivity contribution in [3.63, 3.8) is 0 Å². The second kappa shape index (κ2) is 15.0. The van der Waals surface area contributed by atoms with E-state index in [1.165, 1.54) is 45.6 Å². The Morgan fingerprint density at radius 2 is 1.53 bits per heavy atom. The van der Waals surface area contributed by atoms with Gasteiger partial charge in [-0.05, 0) is 32.1 Å². The van der Waals surface area contributed by atoms with E-state index in [9.17, 15) is 4.79 Å². The summed E-state index contributed by atoms with van der Waals surface area (Å²) in [5.41, 5.74) is 0. The Hall–Kier alpha value is -1.05. The molecule has 110 valence electrons. The van der Waals surface area contributed by atoms with Crippen molar-refractivity contribution in [1.29, 1.82) is 0 Å². The highest BCUT2D eigenvalue weighted by atomic mass is 16.5. The van der Waals surface area contributed by atoms with E-state index in [0.717, 1.165) is 19.3 Å². The van der Waals surface area contributed by atoms with Crippen LogP contribution in [0, 0.1) is 0 Å². The molecule has 2 heteroatoms. The van der Waals surface area contributed by atoms with E-state index < -0.39 is 0 Å². The van der Waals surface area contributed by atoms with Gasteiger partial charge in [0.2, 0.25) is 0 Å². The van der Waals surface area contributed by atoms with E-state index in [2.05, 4.69) is 36.0 Å². The number of ether oxygens (including phenoxy) is 1. The first-order chi connectivity index (χ1) is 9.31. The first-order valence-electron chi connectivity index (χ1n) is 7.68. The van der Waals surface area contributed by atoms with Crippen LogP contribution in [0.1, 0.15) is 71.1 Å². The lowest BCUT2D eigenvalue weighted by Gasteiger charge is -1.99. The zero-order valence-electron chi connectivity index (χ0n) is 12.7. The molecule has 0 rings (SSSR count). The number of carbonyl (C=O) groups is 1. The average Bonchev–Trinajstić information content (AvgIpc) is 2.43. The van der Waals surface area contributed by atoms with Crippen LogP contribution in [0.4, 0.5) is 0 Å². The molecular weight excluding hydrogens is 236 g/mol. The van der Waals surface area contributed by atoms with Crippen molar-refractivity contribution < 1.29 is 9.53 Å². The molecule has 0 fully saturated rings. The largest absolute Gasteiger partial charge is 0.469 e. The van der Waals surface area contributed by atoms with Crippen molar-refractivity contribution in [1.82, 2.24) is 0 Å². The van der Waals surface area contributed by atoms with Crippen LogP contribution in [-0.4, -0.2) is 13.1 Å². The zero-order valence-corrected chi connectivity index (χ0v) is 12.7. The van der Waals surface area contributed by atoms with Gasteiger partial charge in [0.05, 0.1) is 7.11 Å². The first kappa shape index (κ1) is 17.9. The van der Waals surface area contributed by atoms with E-state index in [1.807, 2.05) is 0 Å². The Labute approximate surface area is 118 Å². The zero-order chi connectivity index (χ0) is 14.2. The molecule has 0 heterocycles. The summed E-state index contributed by atoms with van der Waals surface area (Å²) in [6.45, 7) is 2.20. The Morgan fingerprint density at radius 3 is 2.21 bits per heavy atom. The summed E-state index contributed by atoms with van der Waals surface area (Å²) in [4.78, 5) is 10.9. The van der Waals surface area contributed by atoms with Crippen molar-refractivity contribution in [3.05, 3.63) is 24.3 Å². The summed E-state index contributed by atoms with van der Waals surface area (Å²) in [6, 6.07) is 0. The molecule has 0 atom stereocenters. The molecule has 0 aromatic carbocycles. The van der Waals surface area contributed by atoms with E-state index in [1.54, 1.807) is 0 Å². The molecule has 0 saturated heterocycles. The summed E-state index contributed by atoms with van der Waals surface area (Å²) in [7, 11) is 1.45. The topological polar surface area (TPSA) is 26.3 Å². The van der Waals surface area contributed by atoms with Crippen LogP contribution in [0.3, 0.4) is 0 Å². The van der Waals surface area contributed by atoms with E-state index in [-0.39, 0.29) is 5.97 Å². The molecule has 0 N–H and O–H groups in total. The molecule has 0 unspecified atom stereocenters. The monoisotopic (exact) mass is 266 g/mol. The average molecular weight is 266 g/mol. The number of hydrogen-bond acceptors (Lipinski definition) is 2. The molecule has 0 spiro atoms. The highest BCUT2D eigenvalue weighted by molar-refractivity contribution is 5.68. The van der Waals surface area contributed by atoms with Gasteiger partial charge < -0.3 is 4.74 Å². The molecule has 0 aromatic rings. The van der Waals surface area contributed by atoms with Gasteiger partial charge in [0, 0.05) is 6.42 Å². The molecule has 0 saturated carbocycles. The minimum atomic E-state index is -0.0842. The van der Waals surface area contributed by atoms with Crippen LogP contribution in [0.25, 0.3) is 0 Å². The lowest BCUT2D eigenvalue weighted by molar-refractivity contribution is -0.140. The first-order valence-corrected chi connectivity index (χ1v) is 7.68. The third-order valence-electron chi connectivity index (χ3n) is 3.04. The van der Waals surface area contributed by atoms with Gasteiger partial charge in [-0.2, -0.15) is 0 Å². The molecule has 0 aromatic heterocycles. The molecule has 19 heavy (non-hydrogen) atoms. The predicted octanol–water partition coefficient (Wildman–Crippen LogP) is 5.19. The Morgan fingerprint density at radius 1 is 0.895 bits per heavy atom. The number of hydrogen-bond donors (Lipinski definition) is 0. The highest BCUT2D eigenvalue weighted by Gasteiger charge is 1.98. The second-order valence-corrected chi connectivity index (χ2v) is 4.85. The minimum Gasteiger partial charge on any atom is -0.469 e. The quantitative estimate of drug-likeness (QED) is 0.276. The third kappa shape index (κ3) is 14.9. The molecule has 0 aliphatic rings. The maximum atomic E-state index is 10.9. The standard InChI is InChI=1S/C17H30O2/c1-3-4-5-6-7-8-9-10-11-12-13-14-15-16-17(18)19-2/h5-6,8-9H,3-4,7,10-16H2,1-2H3. The van der Waals surface area contributed by atoms with Crippen LogP contribution < -0.4 is 0 Å². The Balaban J connectivity index is 3.18. The molecular formula is C17H30O2. The molecule has 0 amide bonds. The Bertz CT molecular complexity index is 254. The van der Waals surface area contributed by atoms with Gasteiger partial charge in [-0.3, -0.25) is 4.79 Å². The van der Waals surface area contributed by atoms with Crippen molar-refractivity contribution >= 4 is 5.97 Å². The summed E-state index contributed by atoms with van der Waals surface area (Å²) < 4.78 is 4.60. The SMILES string of the molecule is CCCC=CCC=CCCCCCCCC(=O)OC. The van der Waals surface area contributed by atoms with Crippen molar-refractivity contribution in [3.8, 4) is 0 Å². The van der Waals surface area contributed by atoms with Crippen LogP contribution in [0.5, 0.6) is 0 Å². The number of methoxy groups -OCH3 is 1. The molecule has 2 nitrogen and oxygen atoms in total. The van der Waals surface area contributed by atoms with Gasteiger partial charge >= 0.3 is 5.97 Å². The number of carbonyl (C=O) groups excluding carboxylic acids is 1. The maximum absolute atomic E-state index is 10.9. The maximum Gasteiger partial charge on any atom is 0.305 e. The van der Waals surface area contributed by atoms with Gasteiger partial charge in [0.15, 0.2) is 0 Å². The van der Waals surface area contributed by atoms with Gasteiger partial charge in [-0.15, -0.1) is 0 Å². The normalized spacial score (nSPS) is 11.5. The van der Waals surface area contributed by atoms with Crippen LogP contribution in [0.15, 0.2) is 24.3 Å². The molecule has 0 aliphatic carbocycles. The Kier molecular flexibility index (Phi) is 14.2. The van der Waals surface area contributed by atoms with Crippen molar-refractivity contribution in [2.45, 2.75) is 71.1 Å². The molecule has 0 bridgehead atoms. The van der Waals surface area contributed by atoms with Gasteiger partial charge in [-0.25, -0.2) is 0 Å². The van der Waals surface area contributed by atoms with E-state index in [4.69, 9.17) is 0 Å². The third-order valence-corrected chi connectivity index (χ3v) is 3.04. The lowest BCUT2D eigenvalue weighted by Crippen LogP contribution is -1.98. The van der Waals surface area contributed by atoms with Crippen molar-refractivity contribution in [2.75, 3.05) is 7.11 Å². The van der Waals surface area contributed by atoms with Gasteiger partial charge in [0.1, 0.15) is 0 Å². The second-order valence-electron chi connectivity index (χ2n) is 4.85. The van der Waals surface area contributed by atoms with E-state index in [0.29, 0.717) is 6.42 Å². The van der Waals surface area contributed by atoms with Crippen LogP contribution in [0.2, 0.25) is 0 Å². The van der Waals surface area contributed by atoms with Gasteiger partial charge in [0.25, 0.3) is 0 Å². The van der Waals surface area contributed by atoms with Crippen LogP contribution >= 0.6 is 0 Å². The molecule has 0 aliphatic heterocycles. The number of allylic oxidation sites excluding steroid dienone is 4. The van der Waals surface area contributed by atoms with Gasteiger partial charge in [-0.1, -0.05) is 56.9 Å². The van der Waals surface area contributed by atoms with E-state index >= 15 is 0 Å².